The van der Waals surface area contributed by atoms with E-state index in [0.717, 1.165) is 50.6 Å². The van der Waals surface area contributed by atoms with Gasteiger partial charge in [0.15, 0.2) is 0 Å². The highest BCUT2D eigenvalue weighted by molar-refractivity contribution is 5.99. The number of benzene rings is 1. The Morgan fingerprint density at radius 3 is 2.54 bits per heavy atom. The maximum Gasteiger partial charge on any atom is 0.253 e. The summed E-state index contributed by atoms with van der Waals surface area (Å²) in [5.74, 6) is 0.0428. The minimum absolute atomic E-state index is 0.0428. The summed E-state index contributed by atoms with van der Waals surface area (Å²) in [6, 6.07) is 7.83. The average Bonchev–Trinajstić information content (AvgIpc) is 2.67. The van der Waals surface area contributed by atoms with E-state index < -0.39 is 0 Å². The first-order valence-corrected chi connectivity index (χ1v) is 9.94. The molecule has 144 valence electrons. The first-order chi connectivity index (χ1) is 12.6. The van der Waals surface area contributed by atoms with Crippen molar-refractivity contribution in [2.24, 2.45) is 5.41 Å². The van der Waals surface area contributed by atoms with E-state index in [9.17, 15) is 4.79 Å². The molecule has 0 unspecified atom stereocenters. The van der Waals surface area contributed by atoms with Gasteiger partial charge in [-0.15, -0.1) is 0 Å². The molecule has 3 rings (SSSR count). The fourth-order valence-electron chi connectivity index (χ4n) is 4.34. The zero-order valence-corrected chi connectivity index (χ0v) is 16.3. The van der Waals surface area contributed by atoms with Gasteiger partial charge in [0.05, 0.1) is 18.8 Å². The van der Waals surface area contributed by atoms with Crippen LogP contribution in [0.1, 0.15) is 42.5 Å². The summed E-state index contributed by atoms with van der Waals surface area (Å²) < 4.78 is 5.50. The van der Waals surface area contributed by atoms with Crippen molar-refractivity contribution in [3.8, 4) is 0 Å². The third-order valence-corrected chi connectivity index (χ3v) is 5.83. The molecule has 5 heteroatoms. The second-order valence-electron chi connectivity index (χ2n) is 8.04. The highest BCUT2D eigenvalue weighted by Crippen LogP contribution is 2.37. The summed E-state index contributed by atoms with van der Waals surface area (Å²) in [5, 5.41) is 3.27. The van der Waals surface area contributed by atoms with Gasteiger partial charge >= 0.3 is 0 Å². The second kappa shape index (κ2) is 8.87. The summed E-state index contributed by atoms with van der Waals surface area (Å²) in [5.41, 5.74) is 1.93. The number of anilines is 1. The van der Waals surface area contributed by atoms with Crippen molar-refractivity contribution >= 4 is 11.6 Å². The van der Waals surface area contributed by atoms with Crippen molar-refractivity contribution < 1.29 is 9.53 Å². The van der Waals surface area contributed by atoms with Crippen LogP contribution in [0.5, 0.6) is 0 Å². The van der Waals surface area contributed by atoms with Gasteiger partial charge in [0.25, 0.3) is 5.91 Å². The van der Waals surface area contributed by atoms with E-state index >= 15 is 0 Å². The van der Waals surface area contributed by atoms with Gasteiger partial charge in [0.2, 0.25) is 0 Å². The van der Waals surface area contributed by atoms with Crippen LogP contribution in [0.4, 0.5) is 5.69 Å². The molecule has 2 fully saturated rings. The van der Waals surface area contributed by atoms with Crippen LogP contribution >= 0.6 is 0 Å². The fraction of sp³-hybridized carbons (Fsp3) is 0.667. The van der Waals surface area contributed by atoms with E-state index in [1.807, 2.05) is 43.3 Å². The Balaban J connectivity index is 1.66. The maximum atomic E-state index is 12.9. The Morgan fingerprint density at radius 1 is 1.15 bits per heavy atom. The van der Waals surface area contributed by atoms with Gasteiger partial charge in [-0.2, -0.15) is 0 Å². The molecule has 1 aliphatic heterocycles. The number of amides is 1. The minimum atomic E-state index is 0.0428. The molecule has 0 atom stereocenters. The largest absolute Gasteiger partial charge is 0.379 e. The zero-order valence-electron chi connectivity index (χ0n) is 16.3. The van der Waals surface area contributed by atoms with Crippen LogP contribution in [-0.2, 0) is 4.74 Å². The summed E-state index contributed by atoms with van der Waals surface area (Å²) in [6.45, 7) is 5.53. The van der Waals surface area contributed by atoms with E-state index in [0.29, 0.717) is 0 Å². The first kappa shape index (κ1) is 19.2. The normalized spacial score (nSPS) is 20.5. The Labute approximate surface area is 157 Å². The van der Waals surface area contributed by atoms with Crippen molar-refractivity contribution in [2.45, 2.75) is 32.1 Å². The van der Waals surface area contributed by atoms with E-state index in [1.165, 1.54) is 32.1 Å². The van der Waals surface area contributed by atoms with E-state index in [2.05, 4.69) is 10.2 Å². The average molecular weight is 360 g/mol. The molecule has 1 aliphatic carbocycles. The lowest BCUT2D eigenvalue weighted by molar-refractivity contribution is 0.00728. The van der Waals surface area contributed by atoms with Crippen LogP contribution < -0.4 is 10.2 Å². The second-order valence-corrected chi connectivity index (χ2v) is 8.04. The van der Waals surface area contributed by atoms with Crippen molar-refractivity contribution in [3.05, 3.63) is 29.8 Å². The van der Waals surface area contributed by atoms with Crippen molar-refractivity contribution in [1.82, 2.24) is 10.2 Å². The van der Waals surface area contributed by atoms with Crippen molar-refractivity contribution in [1.29, 1.82) is 0 Å². The summed E-state index contributed by atoms with van der Waals surface area (Å²) in [4.78, 5) is 17.4. The predicted octanol–water partition coefficient (Wildman–Crippen LogP) is 2.77. The molecule has 1 saturated carbocycles. The highest BCUT2D eigenvalue weighted by atomic mass is 16.5. The Kier molecular flexibility index (Phi) is 6.54. The van der Waals surface area contributed by atoms with Crippen LogP contribution in [0.3, 0.4) is 0 Å². The van der Waals surface area contributed by atoms with E-state index in [4.69, 9.17) is 4.74 Å². The fourth-order valence-corrected chi connectivity index (χ4v) is 4.34. The molecule has 1 saturated heterocycles. The Hall–Kier alpha value is -1.59. The number of carbonyl (C=O) groups excluding carboxylic acids is 1. The number of carbonyl (C=O) groups is 1. The van der Waals surface area contributed by atoms with Crippen LogP contribution in [0, 0.1) is 5.41 Å². The molecule has 0 radical (unpaired) electrons. The van der Waals surface area contributed by atoms with Crippen molar-refractivity contribution in [2.75, 3.05) is 58.4 Å². The van der Waals surface area contributed by atoms with Crippen LogP contribution in [0.25, 0.3) is 0 Å². The smallest absolute Gasteiger partial charge is 0.253 e. The van der Waals surface area contributed by atoms with Gasteiger partial charge < -0.3 is 15.0 Å². The number of para-hydroxylation sites is 1. The monoisotopic (exact) mass is 359 g/mol. The van der Waals surface area contributed by atoms with Gasteiger partial charge in [-0.3, -0.25) is 9.69 Å². The van der Waals surface area contributed by atoms with Gasteiger partial charge in [0, 0.05) is 51.4 Å². The van der Waals surface area contributed by atoms with Gasteiger partial charge in [-0.1, -0.05) is 31.4 Å². The molecule has 1 amide bonds. The number of nitrogens with one attached hydrogen (secondary N) is 1. The Morgan fingerprint density at radius 2 is 1.85 bits per heavy atom. The molecule has 0 aromatic heterocycles. The molecule has 0 spiro atoms. The molecule has 26 heavy (non-hydrogen) atoms. The molecule has 1 aromatic rings. The molecular formula is C21H33N3O2. The lowest BCUT2D eigenvalue weighted by Gasteiger charge is -2.42. The summed E-state index contributed by atoms with van der Waals surface area (Å²) >= 11 is 0. The van der Waals surface area contributed by atoms with Gasteiger partial charge in [0.1, 0.15) is 0 Å². The number of hydrogen-bond donors (Lipinski definition) is 1. The van der Waals surface area contributed by atoms with E-state index in [1.54, 1.807) is 0 Å². The first-order valence-electron chi connectivity index (χ1n) is 9.94. The molecule has 5 nitrogen and oxygen atoms in total. The summed E-state index contributed by atoms with van der Waals surface area (Å²) in [6.07, 6.45) is 6.28. The third kappa shape index (κ3) is 4.77. The zero-order chi connectivity index (χ0) is 18.4. The standard InChI is InChI=1S/C21H33N3O2/c1-23(2)19-9-5-4-8-18(19)20(25)22-16-21(10-6-3-7-11-21)17-24-12-14-26-15-13-24/h4-5,8-9H,3,6-7,10-17H2,1-2H3,(H,22,25). The number of rotatable bonds is 6. The van der Waals surface area contributed by atoms with E-state index in [-0.39, 0.29) is 11.3 Å². The van der Waals surface area contributed by atoms with Crippen LogP contribution in [0.15, 0.2) is 24.3 Å². The highest BCUT2D eigenvalue weighted by Gasteiger charge is 2.35. The lowest BCUT2D eigenvalue weighted by atomic mass is 9.73. The van der Waals surface area contributed by atoms with Crippen molar-refractivity contribution in [3.63, 3.8) is 0 Å². The molecular weight excluding hydrogens is 326 g/mol. The maximum absolute atomic E-state index is 12.9. The van der Waals surface area contributed by atoms with Gasteiger partial charge in [-0.25, -0.2) is 0 Å². The number of morpholine rings is 1. The Bertz CT molecular complexity index is 591. The third-order valence-electron chi connectivity index (χ3n) is 5.83. The minimum Gasteiger partial charge on any atom is -0.379 e. The molecule has 0 bridgehead atoms. The van der Waals surface area contributed by atoms with Gasteiger partial charge in [-0.05, 0) is 25.0 Å². The quantitative estimate of drug-likeness (QED) is 0.848. The molecule has 1 aromatic carbocycles. The SMILES string of the molecule is CN(C)c1ccccc1C(=O)NCC1(CN2CCOCC2)CCCCC1. The molecule has 1 N–H and O–H groups in total. The molecule has 2 aliphatic rings. The number of hydrogen-bond acceptors (Lipinski definition) is 4. The summed E-state index contributed by atoms with van der Waals surface area (Å²) in [7, 11) is 3.96. The van der Waals surface area contributed by atoms with Crippen LogP contribution in [-0.4, -0.2) is 64.3 Å². The number of ether oxygens (including phenoxy) is 1. The number of nitrogens with zero attached hydrogens (tertiary/aromatic N) is 2. The topological polar surface area (TPSA) is 44.8 Å². The lowest BCUT2D eigenvalue weighted by Crippen LogP contribution is -2.49. The molecule has 1 heterocycles. The van der Waals surface area contributed by atoms with Crippen LogP contribution in [0.2, 0.25) is 0 Å². The predicted molar refractivity (Wildman–Crippen MR) is 106 cm³/mol.